The van der Waals surface area contributed by atoms with Crippen LogP contribution in [0.2, 0.25) is 0 Å². The Bertz CT molecular complexity index is 208. The zero-order valence-electron chi connectivity index (χ0n) is 9.19. The van der Waals surface area contributed by atoms with Crippen LogP contribution in [0.1, 0.15) is 0 Å². The number of rotatable bonds is 4. The summed E-state index contributed by atoms with van der Waals surface area (Å²) in [5, 5.41) is 0. The second kappa shape index (κ2) is 5.07. The topological polar surface area (TPSA) is 27.7 Å². The van der Waals surface area contributed by atoms with E-state index in [4.69, 9.17) is 14.2 Å². The minimum absolute atomic E-state index is 0.0250. The summed E-state index contributed by atoms with van der Waals surface area (Å²) in [7, 11) is 0. The van der Waals surface area contributed by atoms with Crippen molar-refractivity contribution in [3.63, 3.8) is 0 Å². The molecule has 0 atom stereocenters. The smallest absolute Gasteiger partial charge is 0.207 e. The summed E-state index contributed by atoms with van der Waals surface area (Å²) in [5.74, 6) is 0. The Labute approximate surface area is 91.0 Å². The van der Waals surface area contributed by atoms with E-state index in [2.05, 4.69) is 6.58 Å². The van der Waals surface area contributed by atoms with Crippen LogP contribution in [0.3, 0.4) is 0 Å². The summed E-state index contributed by atoms with van der Waals surface area (Å²) in [5.41, 5.74) is 0. The Morgan fingerprint density at radius 3 is 2.40 bits per heavy atom. The van der Waals surface area contributed by atoms with Crippen LogP contribution >= 0.6 is 0 Å². The van der Waals surface area contributed by atoms with Gasteiger partial charge in [0.2, 0.25) is 6.29 Å². The van der Waals surface area contributed by atoms with E-state index >= 15 is 0 Å². The zero-order chi connectivity index (χ0) is 10.6. The molecule has 0 aromatic rings. The van der Waals surface area contributed by atoms with Gasteiger partial charge in [-0.3, -0.25) is 0 Å². The van der Waals surface area contributed by atoms with E-state index in [1.807, 2.05) is 6.08 Å². The van der Waals surface area contributed by atoms with Crippen molar-refractivity contribution in [1.82, 2.24) is 0 Å². The van der Waals surface area contributed by atoms with Crippen molar-refractivity contribution in [2.75, 3.05) is 52.6 Å². The third-order valence-corrected chi connectivity index (χ3v) is 3.16. The first-order chi connectivity index (χ1) is 7.35. The number of morpholine rings is 1. The lowest BCUT2D eigenvalue weighted by atomic mass is 10.2. The number of hydrogen-bond donors (Lipinski definition) is 0. The molecule has 4 nitrogen and oxygen atoms in total. The molecule has 0 aromatic carbocycles. The maximum Gasteiger partial charge on any atom is 0.207 e. The molecule has 0 N–H and O–H groups in total. The minimum Gasteiger partial charge on any atom is -0.370 e. The Morgan fingerprint density at radius 2 is 1.80 bits per heavy atom. The van der Waals surface area contributed by atoms with Crippen LogP contribution < -0.4 is 0 Å². The molecule has 0 spiro atoms. The van der Waals surface area contributed by atoms with Crippen molar-refractivity contribution in [1.29, 1.82) is 0 Å². The second-order valence-corrected chi connectivity index (χ2v) is 4.23. The molecule has 0 bridgehead atoms. The van der Waals surface area contributed by atoms with Crippen LogP contribution in [-0.4, -0.2) is 63.4 Å². The molecule has 0 radical (unpaired) electrons. The molecule has 2 aliphatic rings. The SMILES string of the molecule is C=CC[N+]1(CC2OCCO2)CCOCC1. The van der Waals surface area contributed by atoms with Gasteiger partial charge < -0.3 is 18.7 Å². The van der Waals surface area contributed by atoms with Crippen molar-refractivity contribution in [3.05, 3.63) is 12.7 Å². The van der Waals surface area contributed by atoms with Crippen molar-refractivity contribution in [2.24, 2.45) is 0 Å². The highest BCUT2D eigenvalue weighted by molar-refractivity contribution is 4.68. The number of hydrogen-bond acceptors (Lipinski definition) is 3. The largest absolute Gasteiger partial charge is 0.370 e. The average Bonchev–Trinajstić information content (AvgIpc) is 2.72. The van der Waals surface area contributed by atoms with Gasteiger partial charge in [-0.1, -0.05) is 6.58 Å². The van der Waals surface area contributed by atoms with Gasteiger partial charge in [-0.25, -0.2) is 0 Å². The van der Waals surface area contributed by atoms with Crippen LogP contribution in [0.25, 0.3) is 0 Å². The van der Waals surface area contributed by atoms with Crippen molar-refractivity contribution in [3.8, 4) is 0 Å². The first-order valence-electron chi connectivity index (χ1n) is 5.62. The normalized spacial score (nSPS) is 26.7. The van der Waals surface area contributed by atoms with Gasteiger partial charge in [-0.05, 0) is 6.08 Å². The predicted molar refractivity (Wildman–Crippen MR) is 56.4 cm³/mol. The third-order valence-electron chi connectivity index (χ3n) is 3.16. The summed E-state index contributed by atoms with van der Waals surface area (Å²) in [6.07, 6.45) is 1.96. The number of quaternary nitrogens is 1. The fourth-order valence-corrected chi connectivity index (χ4v) is 2.27. The van der Waals surface area contributed by atoms with E-state index in [0.717, 1.165) is 57.1 Å². The van der Waals surface area contributed by atoms with Gasteiger partial charge in [0.05, 0.1) is 33.0 Å². The summed E-state index contributed by atoms with van der Waals surface area (Å²) < 4.78 is 17.4. The van der Waals surface area contributed by atoms with Gasteiger partial charge in [-0.2, -0.15) is 0 Å². The van der Waals surface area contributed by atoms with Crippen LogP contribution in [0, 0.1) is 0 Å². The Kier molecular flexibility index (Phi) is 3.75. The lowest BCUT2D eigenvalue weighted by Crippen LogP contribution is -2.58. The molecule has 0 saturated carbocycles. The molecule has 15 heavy (non-hydrogen) atoms. The number of nitrogens with zero attached hydrogens (tertiary/aromatic N) is 1. The molecule has 2 heterocycles. The molecular weight excluding hydrogens is 194 g/mol. The van der Waals surface area contributed by atoms with Gasteiger partial charge in [0.1, 0.15) is 19.6 Å². The average molecular weight is 214 g/mol. The molecule has 0 unspecified atom stereocenters. The molecule has 0 aliphatic carbocycles. The van der Waals surface area contributed by atoms with Gasteiger partial charge in [-0.15, -0.1) is 0 Å². The van der Waals surface area contributed by atoms with Crippen LogP contribution in [0.4, 0.5) is 0 Å². The first-order valence-corrected chi connectivity index (χ1v) is 5.62. The van der Waals surface area contributed by atoms with E-state index < -0.39 is 0 Å². The van der Waals surface area contributed by atoms with Crippen LogP contribution in [0.15, 0.2) is 12.7 Å². The standard InChI is InChI=1S/C11H20NO3/c1-2-3-12(4-6-13-7-5-12)10-11-14-8-9-15-11/h2,11H,1,3-10H2/q+1. The summed E-state index contributed by atoms with van der Waals surface area (Å²) in [6.45, 7) is 10.9. The summed E-state index contributed by atoms with van der Waals surface area (Å²) in [4.78, 5) is 0. The molecule has 2 aliphatic heterocycles. The lowest BCUT2D eigenvalue weighted by Gasteiger charge is -2.41. The Hall–Kier alpha value is -0.420. The van der Waals surface area contributed by atoms with Crippen molar-refractivity contribution < 1.29 is 18.7 Å². The maximum absolute atomic E-state index is 5.51. The third kappa shape index (κ3) is 2.78. The van der Waals surface area contributed by atoms with Crippen molar-refractivity contribution in [2.45, 2.75) is 6.29 Å². The highest BCUT2D eigenvalue weighted by Gasteiger charge is 2.34. The monoisotopic (exact) mass is 214 g/mol. The Balaban J connectivity index is 1.93. The van der Waals surface area contributed by atoms with E-state index in [1.165, 1.54) is 0 Å². The minimum atomic E-state index is -0.0250. The molecule has 0 aromatic heterocycles. The highest BCUT2D eigenvalue weighted by Crippen LogP contribution is 2.16. The zero-order valence-corrected chi connectivity index (χ0v) is 9.19. The molecule has 2 fully saturated rings. The maximum atomic E-state index is 5.51. The predicted octanol–water partition coefficient (Wildman–Crippen LogP) is 0.392. The van der Waals surface area contributed by atoms with Crippen LogP contribution in [0.5, 0.6) is 0 Å². The second-order valence-electron chi connectivity index (χ2n) is 4.23. The Morgan fingerprint density at radius 1 is 1.13 bits per heavy atom. The highest BCUT2D eigenvalue weighted by atomic mass is 16.7. The van der Waals surface area contributed by atoms with Crippen molar-refractivity contribution >= 4 is 0 Å². The van der Waals surface area contributed by atoms with Crippen LogP contribution in [-0.2, 0) is 14.2 Å². The fraction of sp³-hybridized carbons (Fsp3) is 0.818. The first kappa shape index (κ1) is 11.1. The summed E-state index contributed by atoms with van der Waals surface area (Å²) in [6, 6.07) is 0. The fourth-order valence-electron chi connectivity index (χ4n) is 2.27. The lowest BCUT2D eigenvalue weighted by molar-refractivity contribution is -0.934. The number of ether oxygens (including phenoxy) is 3. The molecule has 86 valence electrons. The van der Waals surface area contributed by atoms with E-state index in [-0.39, 0.29) is 6.29 Å². The summed E-state index contributed by atoms with van der Waals surface area (Å²) >= 11 is 0. The van der Waals surface area contributed by atoms with E-state index in [0.29, 0.717) is 0 Å². The van der Waals surface area contributed by atoms with Gasteiger partial charge in [0, 0.05) is 0 Å². The molecule has 4 heteroatoms. The molecule has 2 saturated heterocycles. The van der Waals surface area contributed by atoms with E-state index in [1.54, 1.807) is 0 Å². The quantitative estimate of drug-likeness (QED) is 0.500. The van der Waals surface area contributed by atoms with Gasteiger partial charge >= 0.3 is 0 Å². The molecule has 2 rings (SSSR count). The molecule has 0 amide bonds. The van der Waals surface area contributed by atoms with E-state index in [9.17, 15) is 0 Å². The van der Waals surface area contributed by atoms with Gasteiger partial charge in [0.25, 0.3) is 0 Å². The van der Waals surface area contributed by atoms with Gasteiger partial charge in [0.15, 0.2) is 0 Å². The molecular formula is C11H20NO3+.